The molecule has 0 bridgehead atoms. The van der Waals surface area contributed by atoms with Gasteiger partial charge in [-0.3, -0.25) is 0 Å². The Morgan fingerprint density at radius 2 is 2.25 bits per heavy atom. The third kappa shape index (κ3) is 3.79. The highest BCUT2D eigenvalue weighted by Crippen LogP contribution is 2.19. The molecule has 0 atom stereocenters. The van der Waals surface area contributed by atoms with Crippen LogP contribution < -0.4 is 11.1 Å². The van der Waals surface area contributed by atoms with Gasteiger partial charge in [0.05, 0.1) is 23.0 Å². The highest BCUT2D eigenvalue weighted by atomic mass is 16.5. The van der Waals surface area contributed by atoms with Crippen LogP contribution in [-0.4, -0.2) is 20.3 Å². The largest absolute Gasteiger partial charge is 0.397 e. The molecule has 0 saturated carbocycles. The number of hydrogen-bond acceptors (Lipinski definition) is 4. The fourth-order valence-electron chi connectivity index (χ4n) is 1.37. The number of anilines is 2. The molecule has 0 spiro atoms. The molecule has 0 fully saturated rings. The van der Waals surface area contributed by atoms with Crippen LogP contribution in [0, 0.1) is 11.3 Å². The number of hydrogen-bond donors (Lipinski definition) is 2. The minimum Gasteiger partial charge on any atom is -0.397 e. The first-order valence-electron chi connectivity index (χ1n) is 5.30. The van der Waals surface area contributed by atoms with E-state index in [-0.39, 0.29) is 0 Å². The van der Waals surface area contributed by atoms with Crippen LogP contribution in [0.4, 0.5) is 11.4 Å². The SMILES string of the molecule is COCCCCNc1cc(C#N)ccc1N. The lowest BCUT2D eigenvalue weighted by molar-refractivity contribution is 0.194. The standard InChI is InChI=1S/C12H17N3O/c1-16-7-3-2-6-15-12-8-10(9-13)4-5-11(12)14/h4-5,8,15H,2-3,6-7,14H2,1H3. The summed E-state index contributed by atoms with van der Waals surface area (Å²) >= 11 is 0. The van der Waals surface area contributed by atoms with E-state index in [1.54, 1.807) is 25.3 Å². The van der Waals surface area contributed by atoms with Crippen LogP contribution >= 0.6 is 0 Å². The summed E-state index contributed by atoms with van der Waals surface area (Å²) in [5.74, 6) is 0. The average Bonchev–Trinajstić information content (AvgIpc) is 2.31. The van der Waals surface area contributed by atoms with Gasteiger partial charge in [0.2, 0.25) is 0 Å². The lowest BCUT2D eigenvalue weighted by Crippen LogP contribution is -2.05. The summed E-state index contributed by atoms with van der Waals surface area (Å²) in [6.45, 7) is 1.61. The molecule has 1 aromatic rings. The number of unbranched alkanes of at least 4 members (excludes halogenated alkanes) is 1. The zero-order valence-corrected chi connectivity index (χ0v) is 9.49. The van der Waals surface area contributed by atoms with Gasteiger partial charge in [-0.1, -0.05) is 0 Å². The molecule has 0 aliphatic rings. The van der Waals surface area contributed by atoms with Crippen LogP contribution in [0.1, 0.15) is 18.4 Å². The van der Waals surface area contributed by atoms with Gasteiger partial charge in [0, 0.05) is 20.3 Å². The molecule has 0 heterocycles. The van der Waals surface area contributed by atoms with E-state index in [2.05, 4.69) is 11.4 Å². The zero-order valence-electron chi connectivity index (χ0n) is 9.49. The second-order valence-electron chi connectivity index (χ2n) is 3.54. The van der Waals surface area contributed by atoms with Gasteiger partial charge in [0.25, 0.3) is 0 Å². The third-order valence-corrected chi connectivity index (χ3v) is 2.27. The summed E-state index contributed by atoms with van der Waals surface area (Å²) in [6.07, 6.45) is 2.03. The Balaban J connectivity index is 2.44. The van der Waals surface area contributed by atoms with Crippen molar-refractivity contribution in [2.75, 3.05) is 31.3 Å². The van der Waals surface area contributed by atoms with Crippen LogP contribution in [0.3, 0.4) is 0 Å². The van der Waals surface area contributed by atoms with Gasteiger partial charge in [-0.2, -0.15) is 5.26 Å². The molecule has 3 N–H and O–H groups in total. The maximum absolute atomic E-state index is 8.76. The zero-order chi connectivity index (χ0) is 11.8. The first-order valence-corrected chi connectivity index (χ1v) is 5.30. The van der Waals surface area contributed by atoms with Gasteiger partial charge >= 0.3 is 0 Å². The quantitative estimate of drug-likeness (QED) is 0.567. The number of nitrogens with two attached hydrogens (primary N) is 1. The smallest absolute Gasteiger partial charge is 0.0992 e. The fraction of sp³-hybridized carbons (Fsp3) is 0.417. The molecule has 4 heteroatoms. The minimum absolute atomic E-state index is 0.619. The van der Waals surface area contributed by atoms with Gasteiger partial charge in [0.15, 0.2) is 0 Å². The lowest BCUT2D eigenvalue weighted by atomic mass is 10.2. The number of nitrogens with one attached hydrogen (secondary N) is 1. The third-order valence-electron chi connectivity index (χ3n) is 2.27. The molecule has 86 valence electrons. The second-order valence-corrected chi connectivity index (χ2v) is 3.54. The Kier molecular flexibility index (Phi) is 5.17. The van der Waals surface area contributed by atoms with Gasteiger partial charge in [-0.25, -0.2) is 0 Å². The van der Waals surface area contributed by atoms with Crippen molar-refractivity contribution in [2.24, 2.45) is 0 Å². The predicted molar refractivity (Wildman–Crippen MR) is 65.2 cm³/mol. The summed E-state index contributed by atoms with van der Waals surface area (Å²) in [6, 6.07) is 7.32. The van der Waals surface area contributed by atoms with Crippen molar-refractivity contribution in [1.29, 1.82) is 5.26 Å². The van der Waals surface area contributed by atoms with Crippen molar-refractivity contribution in [2.45, 2.75) is 12.8 Å². The van der Waals surface area contributed by atoms with E-state index in [4.69, 9.17) is 15.7 Å². The molecule has 0 aromatic heterocycles. The first kappa shape index (κ1) is 12.3. The van der Waals surface area contributed by atoms with Crippen LogP contribution in [0.2, 0.25) is 0 Å². The van der Waals surface area contributed by atoms with Crippen LogP contribution in [0.25, 0.3) is 0 Å². The van der Waals surface area contributed by atoms with Gasteiger partial charge in [-0.05, 0) is 31.0 Å². The van der Waals surface area contributed by atoms with Crippen molar-refractivity contribution in [3.63, 3.8) is 0 Å². The maximum atomic E-state index is 8.76. The number of nitrogens with zero attached hydrogens (tertiary/aromatic N) is 1. The van der Waals surface area contributed by atoms with E-state index in [1.165, 1.54) is 0 Å². The monoisotopic (exact) mass is 219 g/mol. The molecule has 1 aromatic carbocycles. The van der Waals surface area contributed by atoms with Crippen molar-refractivity contribution in [3.05, 3.63) is 23.8 Å². The Morgan fingerprint density at radius 3 is 2.94 bits per heavy atom. The summed E-state index contributed by atoms with van der Waals surface area (Å²) in [7, 11) is 1.70. The maximum Gasteiger partial charge on any atom is 0.0992 e. The van der Waals surface area contributed by atoms with Crippen molar-refractivity contribution >= 4 is 11.4 Å². The number of methoxy groups -OCH3 is 1. The number of benzene rings is 1. The van der Waals surface area contributed by atoms with Gasteiger partial charge in [-0.15, -0.1) is 0 Å². The molecule has 0 aliphatic heterocycles. The number of nitrogen functional groups attached to an aromatic ring is 1. The predicted octanol–water partition coefficient (Wildman–Crippen LogP) is 1.98. The van der Waals surface area contributed by atoms with Gasteiger partial charge < -0.3 is 15.8 Å². The molecule has 0 saturated heterocycles. The Bertz CT molecular complexity index is 371. The Morgan fingerprint density at radius 1 is 1.44 bits per heavy atom. The van der Waals surface area contributed by atoms with E-state index < -0.39 is 0 Å². The van der Waals surface area contributed by atoms with E-state index in [0.717, 1.165) is 31.7 Å². The lowest BCUT2D eigenvalue weighted by Gasteiger charge is -2.09. The topological polar surface area (TPSA) is 71.1 Å². The average molecular weight is 219 g/mol. The summed E-state index contributed by atoms with van der Waals surface area (Å²) in [4.78, 5) is 0. The second kappa shape index (κ2) is 6.70. The van der Waals surface area contributed by atoms with E-state index in [1.807, 2.05) is 0 Å². The first-order chi connectivity index (χ1) is 7.77. The number of ether oxygens (including phenoxy) is 1. The Hall–Kier alpha value is -1.73. The van der Waals surface area contributed by atoms with Crippen LogP contribution in [-0.2, 0) is 4.74 Å². The Labute approximate surface area is 96.0 Å². The number of nitriles is 1. The fourth-order valence-corrected chi connectivity index (χ4v) is 1.37. The van der Waals surface area contributed by atoms with Gasteiger partial charge in [0.1, 0.15) is 0 Å². The summed E-state index contributed by atoms with van der Waals surface area (Å²) < 4.78 is 4.96. The molecule has 0 aliphatic carbocycles. The minimum atomic E-state index is 0.619. The molecule has 0 radical (unpaired) electrons. The molecule has 0 unspecified atom stereocenters. The van der Waals surface area contributed by atoms with Crippen molar-refractivity contribution < 1.29 is 4.74 Å². The highest BCUT2D eigenvalue weighted by Gasteiger charge is 1.99. The van der Waals surface area contributed by atoms with Crippen LogP contribution in [0.5, 0.6) is 0 Å². The molecule has 16 heavy (non-hydrogen) atoms. The van der Waals surface area contributed by atoms with E-state index in [0.29, 0.717) is 11.3 Å². The molecule has 1 rings (SSSR count). The summed E-state index contributed by atoms with van der Waals surface area (Å²) in [5, 5.41) is 12.0. The van der Waals surface area contributed by atoms with E-state index >= 15 is 0 Å². The molecular formula is C12H17N3O. The molecular weight excluding hydrogens is 202 g/mol. The highest BCUT2D eigenvalue weighted by molar-refractivity contribution is 5.68. The molecule has 0 amide bonds. The van der Waals surface area contributed by atoms with Crippen molar-refractivity contribution in [1.82, 2.24) is 0 Å². The summed E-state index contributed by atoms with van der Waals surface area (Å²) in [5.41, 5.74) is 7.91. The van der Waals surface area contributed by atoms with Crippen molar-refractivity contribution in [3.8, 4) is 6.07 Å². The normalized spacial score (nSPS) is 9.75. The van der Waals surface area contributed by atoms with Crippen LogP contribution in [0.15, 0.2) is 18.2 Å². The number of rotatable bonds is 6. The van der Waals surface area contributed by atoms with E-state index in [9.17, 15) is 0 Å². The molecule has 4 nitrogen and oxygen atoms in total.